The molecule has 5 rings (SSSR count). The minimum atomic E-state index is 0.658. The van der Waals surface area contributed by atoms with Crippen molar-refractivity contribution in [2.75, 3.05) is 7.11 Å². The van der Waals surface area contributed by atoms with Crippen LogP contribution in [0.5, 0.6) is 5.75 Å². The third-order valence-electron chi connectivity index (χ3n) is 5.57. The quantitative estimate of drug-likeness (QED) is 0.669. The molecule has 0 saturated carbocycles. The van der Waals surface area contributed by atoms with Gasteiger partial charge in [-0.05, 0) is 57.1 Å². The first-order valence-electron chi connectivity index (χ1n) is 8.67. The molecule has 3 aromatic rings. The zero-order chi connectivity index (χ0) is 17.0. The van der Waals surface area contributed by atoms with Gasteiger partial charge >= 0.3 is 0 Å². The van der Waals surface area contributed by atoms with Crippen molar-refractivity contribution < 1.29 is 14.2 Å². The molecule has 2 aliphatic rings. The van der Waals surface area contributed by atoms with Crippen molar-refractivity contribution in [1.82, 2.24) is 0 Å². The van der Waals surface area contributed by atoms with E-state index in [0.29, 0.717) is 26.4 Å². The van der Waals surface area contributed by atoms with Gasteiger partial charge in [-0.15, -0.1) is 0 Å². The number of methoxy groups -OCH3 is 1. The Morgan fingerprint density at radius 3 is 2.24 bits per heavy atom. The third kappa shape index (κ3) is 2.06. The molecule has 3 nitrogen and oxygen atoms in total. The third-order valence-corrected chi connectivity index (χ3v) is 5.57. The van der Waals surface area contributed by atoms with Crippen LogP contribution in [0, 0.1) is 6.92 Å². The van der Waals surface area contributed by atoms with Crippen molar-refractivity contribution in [3.8, 4) is 16.9 Å². The lowest BCUT2D eigenvalue weighted by atomic mass is 9.84. The molecule has 0 radical (unpaired) electrons. The summed E-state index contributed by atoms with van der Waals surface area (Å²) >= 11 is 0. The fourth-order valence-corrected chi connectivity index (χ4v) is 4.35. The van der Waals surface area contributed by atoms with Crippen molar-refractivity contribution >= 4 is 10.8 Å². The maximum Gasteiger partial charge on any atom is 0.127 e. The Balaban J connectivity index is 1.93. The van der Waals surface area contributed by atoms with Gasteiger partial charge in [-0.1, -0.05) is 30.3 Å². The number of ether oxygens (including phenoxy) is 3. The van der Waals surface area contributed by atoms with Crippen LogP contribution in [-0.4, -0.2) is 7.11 Å². The predicted octanol–water partition coefficient (Wildman–Crippen LogP) is 4.88. The minimum absolute atomic E-state index is 0.658. The molecule has 0 aliphatic carbocycles. The molecule has 0 atom stereocenters. The molecule has 0 saturated heterocycles. The lowest BCUT2D eigenvalue weighted by Gasteiger charge is -2.20. The van der Waals surface area contributed by atoms with E-state index in [9.17, 15) is 0 Å². The van der Waals surface area contributed by atoms with E-state index in [-0.39, 0.29) is 0 Å². The molecular weight excluding hydrogens is 312 g/mol. The van der Waals surface area contributed by atoms with E-state index < -0.39 is 0 Å². The zero-order valence-corrected chi connectivity index (χ0v) is 14.5. The van der Waals surface area contributed by atoms with E-state index in [0.717, 1.165) is 5.75 Å². The largest absolute Gasteiger partial charge is 0.496 e. The number of hydrogen-bond donors (Lipinski definition) is 0. The molecule has 0 spiro atoms. The number of hydrogen-bond acceptors (Lipinski definition) is 3. The second-order valence-corrected chi connectivity index (χ2v) is 6.76. The summed E-state index contributed by atoms with van der Waals surface area (Å²) in [6, 6.07) is 12.7. The van der Waals surface area contributed by atoms with Gasteiger partial charge in [0, 0.05) is 5.56 Å². The normalized spacial score (nSPS) is 15.4. The van der Waals surface area contributed by atoms with Gasteiger partial charge in [-0.2, -0.15) is 0 Å². The highest BCUT2D eigenvalue weighted by Gasteiger charge is 2.30. The fraction of sp³-hybridized carbons (Fsp3) is 0.273. The minimum Gasteiger partial charge on any atom is -0.496 e. The standard InChI is InChI=1S/C22H20O3/c1-13-16-9-24-10-17(16)18-11-25-12-19(18)21(13)22-15-6-4-3-5-14(15)7-8-20(22)23-2/h3-8H,9-12H2,1-2H3. The Morgan fingerprint density at radius 2 is 1.44 bits per heavy atom. The van der Waals surface area contributed by atoms with E-state index >= 15 is 0 Å². The molecule has 0 amide bonds. The molecule has 3 aromatic carbocycles. The van der Waals surface area contributed by atoms with Gasteiger partial charge in [0.1, 0.15) is 5.75 Å². The molecule has 2 heterocycles. The molecule has 3 heteroatoms. The summed E-state index contributed by atoms with van der Waals surface area (Å²) in [6.07, 6.45) is 0. The van der Waals surface area contributed by atoms with Gasteiger partial charge in [-0.25, -0.2) is 0 Å². The fourth-order valence-electron chi connectivity index (χ4n) is 4.35. The summed E-state index contributed by atoms with van der Waals surface area (Å²) in [4.78, 5) is 0. The van der Waals surface area contributed by atoms with Gasteiger partial charge in [-0.3, -0.25) is 0 Å². The highest BCUT2D eigenvalue weighted by molar-refractivity contribution is 6.01. The van der Waals surface area contributed by atoms with Crippen LogP contribution in [0.15, 0.2) is 36.4 Å². The van der Waals surface area contributed by atoms with Gasteiger partial charge in [0.05, 0.1) is 33.5 Å². The van der Waals surface area contributed by atoms with E-state index in [4.69, 9.17) is 14.2 Å². The van der Waals surface area contributed by atoms with Gasteiger partial charge in [0.25, 0.3) is 0 Å². The maximum atomic E-state index is 5.85. The first-order chi connectivity index (χ1) is 12.3. The van der Waals surface area contributed by atoms with Crippen molar-refractivity contribution in [1.29, 1.82) is 0 Å². The molecule has 0 aromatic heterocycles. The van der Waals surface area contributed by atoms with E-state index in [2.05, 4.69) is 43.3 Å². The number of rotatable bonds is 2. The number of fused-ring (bicyclic) bond motifs is 4. The Hall–Kier alpha value is -2.36. The molecule has 25 heavy (non-hydrogen) atoms. The van der Waals surface area contributed by atoms with E-state index in [1.54, 1.807) is 7.11 Å². The topological polar surface area (TPSA) is 27.7 Å². The van der Waals surface area contributed by atoms with Crippen LogP contribution in [0.1, 0.15) is 27.8 Å². The van der Waals surface area contributed by atoms with Crippen LogP contribution in [0.4, 0.5) is 0 Å². The van der Waals surface area contributed by atoms with Gasteiger partial charge < -0.3 is 14.2 Å². The second-order valence-electron chi connectivity index (χ2n) is 6.76. The Labute approximate surface area is 147 Å². The van der Waals surface area contributed by atoms with Crippen LogP contribution < -0.4 is 4.74 Å². The van der Waals surface area contributed by atoms with Crippen molar-refractivity contribution in [3.05, 3.63) is 64.2 Å². The van der Waals surface area contributed by atoms with Crippen molar-refractivity contribution in [2.24, 2.45) is 0 Å². The predicted molar refractivity (Wildman–Crippen MR) is 97.7 cm³/mol. The summed E-state index contributed by atoms with van der Waals surface area (Å²) in [6.45, 7) is 4.94. The molecule has 0 N–H and O–H groups in total. The Kier molecular flexibility index (Phi) is 3.34. The monoisotopic (exact) mass is 332 g/mol. The summed E-state index contributed by atoms with van der Waals surface area (Å²) in [7, 11) is 1.75. The highest BCUT2D eigenvalue weighted by atomic mass is 16.5. The molecule has 0 unspecified atom stereocenters. The molecule has 126 valence electrons. The summed E-state index contributed by atoms with van der Waals surface area (Å²) < 4.78 is 17.4. The molecular formula is C22H20O3. The molecule has 0 bridgehead atoms. The molecule has 0 fully saturated rings. The highest BCUT2D eigenvalue weighted by Crippen LogP contribution is 2.46. The van der Waals surface area contributed by atoms with Gasteiger partial charge in [0.15, 0.2) is 0 Å². The van der Waals surface area contributed by atoms with Crippen molar-refractivity contribution in [3.63, 3.8) is 0 Å². The van der Waals surface area contributed by atoms with Gasteiger partial charge in [0.2, 0.25) is 0 Å². The lowest BCUT2D eigenvalue weighted by Crippen LogP contribution is -2.02. The van der Waals surface area contributed by atoms with Crippen LogP contribution in [0.3, 0.4) is 0 Å². The van der Waals surface area contributed by atoms with Crippen LogP contribution in [0.2, 0.25) is 0 Å². The zero-order valence-electron chi connectivity index (χ0n) is 14.5. The number of benzene rings is 3. The van der Waals surface area contributed by atoms with Crippen LogP contribution in [-0.2, 0) is 35.9 Å². The molecule has 2 aliphatic heterocycles. The Bertz CT molecular complexity index is 1000. The maximum absolute atomic E-state index is 5.85. The summed E-state index contributed by atoms with van der Waals surface area (Å²) in [5, 5.41) is 2.44. The van der Waals surface area contributed by atoms with Crippen LogP contribution in [0.25, 0.3) is 21.9 Å². The Morgan fingerprint density at radius 1 is 0.760 bits per heavy atom. The SMILES string of the molecule is COc1ccc2ccccc2c1-c1c(C)c2c(c3c1COC3)COC2. The average molecular weight is 332 g/mol. The van der Waals surface area contributed by atoms with E-state index in [1.165, 1.54) is 49.7 Å². The average Bonchev–Trinajstić information content (AvgIpc) is 3.31. The first-order valence-corrected chi connectivity index (χ1v) is 8.67. The van der Waals surface area contributed by atoms with Crippen molar-refractivity contribution in [2.45, 2.75) is 33.4 Å². The smallest absolute Gasteiger partial charge is 0.127 e. The first kappa shape index (κ1) is 14.9. The summed E-state index contributed by atoms with van der Waals surface area (Å²) in [5.74, 6) is 0.912. The lowest BCUT2D eigenvalue weighted by molar-refractivity contribution is 0.126. The van der Waals surface area contributed by atoms with E-state index in [1.807, 2.05) is 0 Å². The second kappa shape index (κ2) is 5.58. The van der Waals surface area contributed by atoms with Crippen LogP contribution >= 0.6 is 0 Å². The summed E-state index contributed by atoms with van der Waals surface area (Å²) in [5.41, 5.74) is 9.04.